The molecular weight excluding hydrogens is 438 g/mol. The number of hydrogen-bond acceptors (Lipinski definition) is 8. The Morgan fingerprint density at radius 2 is 1.59 bits per heavy atom. The van der Waals surface area contributed by atoms with Crippen LogP contribution in [-0.2, 0) is 14.2 Å². The van der Waals surface area contributed by atoms with E-state index >= 15 is 0 Å². The summed E-state index contributed by atoms with van der Waals surface area (Å²) in [5, 5.41) is 7.72. The molecule has 174 valence electrons. The molecule has 1 aromatic heterocycles. The molecule has 1 fully saturated rings. The maximum absolute atomic E-state index is 12.9. The van der Waals surface area contributed by atoms with Crippen LogP contribution in [0.25, 0.3) is 0 Å². The van der Waals surface area contributed by atoms with Gasteiger partial charge in [0.15, 0.2) is 23.9 Å². The second-order valence-electron chi connectivity index (χ2n) is 8.35. The molecule has 5 rings (SSSR count). The molecule has 2 aliphatic heterocycles. The minimum absolute atomic E-state index is 0.0444. The van der Waals surface area contributed by atoms with Gasteiger partial charge in [-0.1, -0.05) is 35.4 Å². The third-order valence-electron chi connectivity index (χ3n) is 5.83. The predicted octanol–water partition coefficient (Wildman–Crippen LogP) is 2.72. The summed E-state index contributed by atoms with van der Waals surface area (Å²) < 4.78 is 25.0. The van der Waals surface area contributed by atoms with Crippen molar-refractivity contribution in [2.75, 3.05) is 6.61 Å². The highest BCUT2D eigenvalue weighted by Gasteiger charge is 2.54. The first kappa shape index (κ1) is 21.8. The Kier molecular flexibility index (Phi) is 5.62. The molecule has 3 aromatic rings. The number of nitrogens with one attached hydrogen (secondary N) is 1. The molecule has 2 aromatic carbocycles. The van der Waals surface area contributed by atoms with Gasteiger partial charge in [0, 0.05) is 6.20 Å². The fourth-order valence-electron chi connectivity index (χ4n) is 3.96. The average Bonchev–Trinajstić information content (AvgIpc) is 3.33. The average molecular weight is 461 g/mol. The van der Waals surface area contributed by atoms with Crippen LogP contribution >= 0.6 is 0 Å². The highest BCUT2D eigenvalue weighted by atomic mass is 16.7. The normalized spacial score (nSPS) is 22.4. The molecule has 0 radical (unpaired) electrons. The predicted molar refractivity (Wildman–Crippen MR) is 118 cm³/mol. The summed E-state index contributed by atoms with van der Waals surface area (Å²) in [5.41, 5.74) is 2.90. The summed E-state index contributed by atoms with van der Waals surface area (Å²) in [4.78, 5) is 29.5. The molecule has 1 N–H and O–H groups in total. The van der Waals surface area contributed by atoms with E-state index < -0.39 is 36.5 Å². The first-order chi connectivity index (χ1) is 16.4. The van der Waals surface area contributed by atoms with E-state index in [1.54, 1.807) is 35.0 Å². The molecule has 2 aliphatic rings. The van der Waals surface area contributed by atoms with Gasteiger partial charge < -0.3 is 18.9 Å². The molecule has 0 spiro atoms. The summed E-state index contributed by atoms with van der Waals surface area (Å²) in [7, 11) is 0. The van der Waals surface area contributed by atoms with E-state index in [-0.39, 0.29) is 18.1 Å². The van der Waals surface area contributed by atoms with Crippen LogP contribution in [-0.4, -0.2) is 46.4 Å². The highest BCUT2D eigenvalue weighted by molar-refractivity contribution is 5.90. The van der Waals surface area contributed by atoms with E-state index in [0.29, 0.717) is 11.1 Å². The molecule has 9 heteroatoms. The number of fused-ring (bicyclic) bond motifs is 3. The van der Waals surface area contributed by atoms with Crippen molar-refractivity contribution in [3.8, 4) is 6.01 Å². The fraction of sp³-hybridized carbons (Fsp3) is 0.280. The quantitative estimate of drug-likeness (QED) is 0.581. The number of aryl methyl sites for hydroxylation is 2. The largest absolute Gasteiger partial charge is 0.459 e. The summed E-state index contributed by atoms with van der Waals surface area (Å²) in [6, 6.07) is 15.8. The van der Waals surface area contributed by atoms with E-state index in [9.17, 15) is 9.59 Å². The van der Waals surface area contributed by atoms with Gasteiger partial charge >= 0.3 is 17.9 Å². The number of aromatic nitrogens is 2. The van der Waals surface area contributed by atoms with Crippen LogP contribution in [0.2, 0.25) is 0 Å². The van der Waals surface area contributed by atoms with Crippen LogP contribution < -0.4 is 10.2 Å². The van der Waals surface area contributed by atoms with Crippen LogP contribution in [0, 0.1) is 19.3 Å². The molecule has 1 saturated heterocycles. The topological polar surface area (TPSA) is 113 Å². The zero-order valence-corrected chi connectivity index (χ0v) is 18.6. The van der Waals surface area contributed by atoms with E-state index in [4.69, 9.17) is 24.4 Å². The summed E-state index contributed by atoms with van der Waals surface area (Å²) in [5.74, 6) is -1.04. The van der Waals surface area contributed by atoms with Gasteiger partial charge in [-0.05, 0) is 44.2 Å². The SMILES string of the molecule is Cc1ccc(C(=O)OC[C@H]2O[C@@H]3[C@H](Oc4nc(=N)ccn43)[C@@H]2OC(=O)c2ccc(C)cc2)cc1. The second-order valence-corrected chi connectivity index (χ2v) is 8.35. The van der Waals surface area contributed by atoms with E-state index in [1.165, 1.54) is 6.07 Å². The van der Waals surface area contributed by atoms with Crippen LogP contribution in [0.1, 0.15) is 38.1 Å². The lowest BCUT2D eigenvalue weighted by Crippen LogP contribution is -2.40. The van der Waals surface area contributed by atoms with Crippen molar-refractivity contribution >= 4 is 11.9 Å². The number of carbonyl (C=O) groups excluding carboxylic acids is 2. The molecule has 0 unspecified atom stereocenters. The van der Waals surface area contributed by atoms with Crippen molar-refractivity contribution in [3.63, 3.8) is 0 Å². The van der Waals surface area contributed by atoms with E-state index in [1.807, 2.05) is 38.1 Å². The molecule has 9 nitrogen and oxygen atoms in total. The lowest BCUT2D eigenvalue weighted by Gasteiger charge is -2.22. The van der Waals surface area contributed by atoms with Gasteiger partial charge in [0.25, 0.3) is 0 Å². The lowest BCUT2D eigenvalue weighted by atomic mass is 10.1. The second kappa shape index (κ2) is 8.75. The van der Waals surface area contributed by atoms with Gasteiger partial charge in [-0.2, -0.15) is 4.98 Å². The van der Waals surface area contributed by atoms with Crippen molar-refractivity contribution in [1.82, 2.24) is 9.55 Å². The molecule has 4 atom stereocenters. The number of benzene rings is 2. The fourth-order valence-corrected chi connectivity index (χ4v) is 3.96. The van der Waals surface area contributed by atoms with Gasteiger partial charge in [0.1, 0.15) is 12.7 Å². The van der Waals surface area contributed by atoms with Gasteiger partial charge in [-0.25, -0.2) is 9.59 Å². The van der Waals surface area contributed by atoms with Gasteiger partial charge in [0.05, 0.1) is 11.1 Å². The number of rotatable bonds is 5. The van der Waals surface area contributed by atoms with Crippen LogP contribution in [0.3, 0.4) is 0 Å². The molecule has 0 bridgehead atoms. The van der Waals surface area contributed by atoms with E-state index in [0.717, 1.165) is 11.1 Å². The Balaban J connectivity index is 1.36. The van der Waals surface area contributed by atoms with Gasteiger partial charge in [-0.15, -0.1) is 0 Å². The van der Waals surface area contributed by atoms with Crippen molar-refractivity contribution in [3.05, 3.63) is 88.5 Å². The number of hydrogen-bond donors (Lipinski definition) is 1. The third kappa shape index (κ3) is 4.17. The smallest absolute Gasteiger partial charge is 0.338 e. The van der Waals surface area contributed by atoms with Crippen molar-refractivity contribution in [2.45, 2.75) is 38.4 Å². The number of ether oxygens (including phenoxy) is 4. The van der Waals surface area contributed by atoms with Crippen LogP contribution in [0.15, 0.2) is 60.8 Å². The Labute approximate surface area is 195 Å². The molecule has 0 aliphatic carbocycles. The first-order valence-corrected chi connectivity index (χ1v) is 10.9. The Morgan fingerprint density at radius 3 is 2.24 bits per heavy atom. The number of nitrogens with zero attached hydrogens (tertiary/aromatic N) is 2. The monoisotopic (exact) mass is 461 g/mol. The van der Waals surface area contributed by atoms with Crippen molar-refractivity contribution in [1.29, 1.82) is 5.41 Å². The maximum Gasteiger partial charge on any atom is 0.338 e. The van der Waals surface area contributed by atoms with Gasteiger partial charge in [-0.3, -0.25) is 9.98 Å². The van der Waals surface area contributed by atoms with Crippen LogP contribution in [0.4, 0.5) is 0 Å². The molecule has 34 heavy (non-hydrogen) atoms. The van der Waals surface area contributed by atoms with Crippen LogP contribution in [0.5, 0.6) is 6.01 Å². The number of carbonyl (C=O) groups is 2. The minimum Gasteiger partial charge on any atom is -0.459 e. The van der Waals surface area contributed by atoms with Crippen molar-refractivity contribution < 1.29 is 28.5 Å². The highest BCUT2D eigenvalue weighted by Crippen LogP contribution is 2.40. The first-order valence-electron chi connectivity index (χ1n) is 10.9. The number of esters is 2. The minimum atomic E-state index is -0.861. The summed E-state index contributed by atoms with van der Waals surface area (Å²) in [6.45, 7) is 3.73. The lowest BCUT2D eigenvalue weighted by molar-refractivity contribution is -0.0574. The maximum atomic E-state index is 12.9. The zero-order valence-electron chi connectivity index (χ0n) is 18.6. The molecule has 0 amide bonds. The summed E-state index contributed by atoms with van der Waals surface area (Å²) >= 11 is 0. The zero-order chi connectivity index (χ0) is 23.8. The summed E-state index contributed by atoms with van der Waals surface area (Å²) in [6.07, 6.45) is -1.32. The standard InChI is InChI=1S/C25H23N3O6/c1-14-3-7-16(8-4-14)23(29)31-13-18-20(33-24(30)17-9-5-15(2)6-10-17)21-22(32-18)28-12-11-19(26)27-25(28)34-21/h3-12,18,20-22,26H,13H2,1-2H3/t18-,20-,21-,22-/m1/s1. The van der Waals surface area contributed by atoms with Gasteiger partial charge in [0.2, 0.25) is 0 Å². The Hall–Kier alpha value is -3.98. The Morgan fingerprint density at radius 1 is 0.971 bits per heavy atom. The van der Waals surface area contributed by atoms with Crippen molar-refractivity contribution in [2.24, 2.45) is 0 Å². The molecule has 3 heterocycles. The molecular formula is C25H23N3O6. The molecule has 0 saturated carbocycles. The third-order valence-corrected chi connectivity index (χ3v) is 5.83. The Bertz CT molecular complexity index is 1290. The van der Waals surface area contributed by atoms with E-state index in [2.05, 4.69) is 4.98 Å².